The van der Waals surface area contributed by atoms with Gasteiger partial charge in [0.2, 0.25) is 5.91 Å². The number of carbonyl (C=O) groups is 1. The number of hydrogen-bond acceptors (Lipinski definition) is 7. The fraction of sp³-hybridized carbons (Fsp3) is 0.500. The molecule has 9 nitrogen and oxygen atoms in total. The third kappa shape index (κ3) is 6.81. The van der Waals surface area contributed by atoms with Crippen molar-refractivity contribution in [1.29, 1.82) is 0 Å². The number of rotatable bonds is 8. The highest BCUT2D eigenvalue weighted by atomic mass is 35.5. The molecule has 1 fully saturated rings. The first-order chi connectivity index (χ1) is 15.6. The molecular weight excluding hydrogens is 467 g/mol. The Hall–Kier alpha value is -2.86. The molecule has 1 amide bonds. The molecule has 33 heavy (non-hydrogen) atoms. The molecule has 1 N–H and O–H groups in total. The van der Waals surface area contributed by atoms with Crippen LogP contribution in [0.2, 0.25) is 5.02 Å². The van der Waals surface area contributed by atoms with Gasteiger partial charge < -0.3 is 19.3 Å². The smallest absolute Gasteiger partial charge is 0.425 e. The van der Waals surface area contributed by atoms with Crippen molar-refractivity contribution in [3.05, 3.63) is 45.5 Å². The van der Waals surface area contributed by atoms with Crippen LogP contribution in [-0.4, -0.2) is 71.5 Å². The van der Waals surface area contributed by atoms with Gasteiger partial charge in [0.05, 0.1) is 30.9 Å². The van der Waals surface area contributed by atoms with E-state index >= 15 is 0 Å². The molecule has 0 aliphatic carbocycles. The number of piperazine rings is 1. The third-order valence-corrected chi connectivity index (χ3v) is 5.14. The second-order valence-electron chi connectivity index (χ2n) is 7.39. The Bertz CT molecular complexity index is 994. The summed E-state index contributed by atoms with van der Waals surface area (Å²) < 4.78 is 49.8. The Morgan fingerprint density at radius 2 is 1.97 bits per heavy atom. The van der Waals surface area contributed by atoms with Crippen molar-refractivity contribution in [1.82, 2.24) is 20.1 Å². The third-order valence-electron chi connectivity index (χ3n) is 4.91. The Morgan fingerprint density at radius 3 is 2.61 bits per heavy atom. The van der Waals surface area contributed by atoms with Crippen LogP contribution in [0.25, 0.3) is 0 Å². The van der Waals surface area contributed by atoms with Crippen LogP contribution in [0.5, 0.6) is 5.75 Å². The van der Waals surface area contributed by atoms with Gasteiger partial charge in [-0.1, -0.05) is 11.6 Å². The van der Waals surface area contributed by atoms with Crippen LogP contribution >= 0.6 is 11.6 Å². The van der Waals surface area contributed by atoms with Crippen LogP contribution < -0.4 is 15.2 Å². The summed E-state index contributed by atoms with van der Waals surface area (Å²) in [5.41, 5.74) is -2.84. The van der Waals surface area contributed by atoms with Crippen molar-refractivity contribution in [2.75, 3.05) is 44.3 Å². The fourth-order valence-corrected chi connectivity index (χ4v) is 3.41. The lowest BCUT2D eigenvalue weighted by Crippen LogP contribution is -2.49. The van der Waals surface area contributed by atoms with Crippen molar-refractivity contribution < 1.29 is 27.4 Å². The van der Waals surface area contributed by atoms with Crippen LogP contribution in [0.3, 0.4) is 0 Å². The summed E-state index contributed by atoms with van der Waals surface area (Å²) in [7, 11) is 0. The van der Waals surface area contributed by atoms with E-state index in [0.717, 1.165) is 12.0 Å². The zero-order valence-electron chi connectivity index (χ0n) is 17.8. The summed E-state index contributed by atoms with van der Waals surface area (Å²) >= 11 is 5.85. The minimum Gasteiger partial charge on any atom is -0.486 e. The molecule has 180 valence electrons. The molecule has 0 bridgehead atoms. The predicted molar refractivity (Wildman–Crippen MR) is 113 cm³/mol. The van der Waals surface area contributed by atoms with E-state index < -0.39 is 29.2 Å². The number of nitrogens with zero attached hydrogens (tertiary/aromatic N) is 4. The van der Waals surface area contributed by atoms with Gasteiger partial charge in [-0.15, -0.1) is 0 Å². The topological polar surface area (TPSA) is 101 Å². The predicted octanol–water partition coefficient (Wildman–Crippen LogP) is 2.36. The number of nitrogens with one attached hydrogen (secondary N) is 1. The van der Waals surface area contributed by atoms with Crippen molar-refractivity contribution in [3.63, 3.8) is 0 Å². The van der Waals surface area contributed by atoms with Crippen LogP contribution in [0.15, 0.2) is 29.3 Å². The fourth-order valence-electron chi connectivity index (χ4n) is 3.30. The second kappa shape index (κ2) is 10.8. The molecule has 3 heterocycles. The van der Waals surface area contributed by atoms with Crippen LogP contribution in [0.1, 0.15) is 18.9 Å². The van der Waals surface area contributed by atoms with E-state index in [1.165, 1.54) is 6.92 Å². The van der Waals surface area contributed by atoms with E-state index in [-0.39, 0.29) is 25.5 Å². The standard InChI is InChI=1S/C20H23ClF3N5O4/c1-13(33-15-11-26-27-19(31)18(15)20(22,23)24)12-32-9-4-17(30)29-7-5-28(6-8-29)16-3-2-14(21)10-25-16/h2-3,10-11,13H,4-9,12H2,1H3,(H,27,31)/t13-/m0/s1. The first-order valence-corrected chi connectivity index (χ1v) is 10.6. The van der Waals surface area contributed by atoms with Crippen LogP contribution in [0.4, 0.5) is 19.0 Å². The lowest BCUT2D eigenvalue weighted by atomic mass is 10.2. The van der Waals surface area contributed by atoms with Gasteiger partial charge in [-0.3, -0.25) is 9.59 Å². The zero-order valence-corrected chi connectivity index (χ0v) is 18.5. The summed E-state index contributed by atoms with van der Waals surface area (Å²) in [5, 5.41) is 5.64. The number of amides is 1. The molecule has 0 saturated carbocycles. The number of H-pyrrole nitrogens is 1. The van der Waals surface area contributed by atoms with Gasteiger partial charge in [0.15, 0.2) is 11.3 Å². The minimum atomic E-state index is -4.88. The summed E-state index contributed by atoms with van der Waals surface area (Å²) in [6, 6.07) is 3.59. The summed E-state index contributed by atoms with van der Waals surface area (Å²) in [4.78, 5) is 31.9. The molecule has 13 heteroatoms. The number of halogens is 4. The Labute approximate surface area is 192 Å². The SMILES string of the molecule is C[C@@H](COCCC(=O)N1CCN(c2ccc(Cl)cn2)CC1)Oc1cn[nH]c(=O)c1C(F)(F)F. The molecule has 0 radical (unpaired) electrons. The lowest BCUT2D eigenvalue weighted by Gasteiger charge is -2.35. The average molecular weight is 490 g/mol. The maximum Gasteiger partial charge on any atom is 0.425 e. The molecule has 1 aliphatic heterocycles. The number of carbonyl (C=O) groups excluding carboxylic acids is 1. The van der Waals surface area contributed by atoms with Crippen LogP contribution in [-0.2, 0) is 15.7 Å². The molecule has 0 unspecified atom stereocenters. The van der Waals surface area contributed by atoms with Gasteiger partial charge in [0, 0.05) is 32.4 Å². The molecule has 1 aliphatic rings. The Kier molecular flexibility index (Phi) is 8.14. The van der Waals surface area contributed by atoms with Gasteiger partial charge in [-0.2, -0.15) is 18.3 Å². The van der Waals surface area contributed by atoms with E-state index in [1.807, 2.05) is 6.07 Å². The summed E-state index contributed by atoms with van der Waals surface area (Å²) in [6.45, 7) is 3.87. The number of hydrogen-bond donors (Lipinski definition) is 1. The van der Waals surface area contributed by atoms with Crippen molar-refractivity contribution in [2.45, 2.75) is 25.6 Å². The molecular formula is C20H23ClF3N5O4. The maximum atomic E-state index is 13.1. The largest absolute Gasteiger partial charge is 0.486 e. The maximum absolute atomic E-state index is 13.1. The van der Waals surface area contributed by atoms with E-state index in [9.17, 15) is 22.8 Å². The van der Waals surface area contributed by atoms with Crippen molar-refractivity contribution in [2.24, 2.45) is 0 Å². The highest BCUT2D eigenvalue weighted by Gasteiger charge is 2.38. The molecule has 2 aromatic heterocycles. The monoisotopic (exact) mass is 489 g/mol. The molecule has 1 saturated heterocycles. The van der Waals surface area contributed by atoms with Gasteiger partial charge in [0.25, 0.3) is 5.56 Å². The second-order valence-corrected chi connectivity index (χ2v) is 7.83. The molecule has 3 rings (SSSR count). The quantitative estimate of drug-likeness (QED) is 0.568. The first kappa shape index (κ1) is 24.8. The highest BCUT2D eigenvalue weighted by Crippen LogP contribution is 2.33. The van der Waals surface area contributed by atoms with Gasteiger partial charge in [-0.25, -0.2) is 10.1 Å². The number of anilines is 1. The number of aromatic amines is 1. The molecule has 0 aromatic carbocycles. The lowest BCUT2D eigenvalue weighted by molar-refractivity contribution is -0.141. The van der Waals surface area contributed by atoms with Gasteiger partial charge >= 0.3 is 6.18 Å². The Morgan fingerprint density at radius 1 is 1.24 bits per heavy atom. The van der Waals surface area contributed by atoms with Gasteiger partial charge in [0.1, 0.15) is 11.9 Å². The zero-order chi connectivity index (χ0) is 24.0. The molecule has 0 spiro atoms. The minimum absolute atomic E-state index is 0.0621. The normalized spacial score (nSPS) is 15.4. The van der Waals surface area contributed by atoms with Crippen molar-refractivity contribution >= 4 is 23.3 Å². The summed E-state index contributed by atoms with van der Waals surface area (Å²) in [5.74, 6) is 0.0463. The number of alkyl halides is 3. The van der Waals surface area contributed by atoms with Crippen molar-refractivity contribution in [3.8, 4) is 5.75 Å². The highest BCUT2D eigenvalue weighted by molar-refractivity contribution is 6.30. The van der Waals surface area contributed by atoms with E-state index in [1.54, 1.807) is 22.3 Å². The average Bonchev–Trinajstić information content (AvgIpc) is 2.76. The van der Waals surface area contributed by atoms with Gasteiger partial charge in [-0.05, 0) is 19.1 Å². The molecule has 1 atom stereocenters. The first-order valence-electron chi connectivity index (χ1n) is 10.2. The van der Waals surface area contributed by atoms with Crippen LogP contribution in [0, 0.1) is 0 Å². The van der Waals surface area contributed by atoms with E-state index in [2.05, 4.69) is 15.0 Å². The van der Waals surface area contributed by atoms with E-state index in [4.69, 9.17) is 21.1 Å². The summed E-state index contributed by atoms with van der Waals surface area (Å²) in [6.07, 6.45) is -3.17. The Balaban J connectivity index is 1.39. The number of aromatic nitrogens is 3. The molecule has 2 aromatic rings. The number of ether oxygens (including phenoxy) is 2. The number of pyridine rings is 1. The van der Waals surface area contributed by atoms with E-state index in [0.29, 0.717) is 31.2 Å².